The molecular formula is C18H13BrFNO3. The zero-order chi connectivity index (χ0) is 17.1. The number of carbonyl (C=O) groups excluding carboxylic acids is 1. The van der Waals surface area contributed by atoms with Gasteiger partial charge in [-0.2, -0.15) is 0 Å². The van der Waals surface area contributed by atoms with Gasteiger partial charge in [0.15, 0.2) is 0 Å². The van der Waals surface area contributed by atoms with Crippen molar-refractivity contribution in [2.75, 3.05) is 6.61 Å². The molecule has 0 bridgehead atoms. The molecule has 0 atom stereocenters. The topological polar surface area (TPSA) is 52.3 Å². The minimum Gasteiger partial charge on any atom is -0.460 e. The number of halogens is 2. The van der Waals surface area contributed by atoms with E-state index in [1.54, 1.807) is 19.1 Å². The lowest BCUT2D eigenvalue weighted by atomic mass is 10.1. The van der Waals surface area contributed by atoms with E-state index in [1.165, 1.54) is 12.1 Å². The highest BCUT2D eigenvalue weighted by atomic mass is 79.9. The minimum atomic E-state index is -0.604. The predicted octanol–water partition coefficient (Wildman–Crippen LogP) is 5.09. The van der Waals surface area contributed by atoms with Crippen molar-refractivity contribution in [1.29, 1.82) is 0 Å². The molecule has 6 heteroatoms. The summed E-state index contributed by atoms with van der Waals surface area (Å²) in [6, 6.07) is 13.0. The van der Waals surface area contributed by atoms with Gasteiger partial charge in [0.05, 0.1) is 6.61 Å². The molecule has 0 radical (unpaired) electrons. The first-order valence-electron chi connectivity index (χ1n) is 7.28. The van der Waals surface area contributed by atoms with Crippen molar-refractivity contribution in [2.45, 2.75) is 6.92 Å². The van der Waals surface area contributed by atoms with Gasteiger partial charge in [-0.05, 0) is 55.5 Å². The van der Waals surface area contributed by atoms with Crippen molar-refractivity contribution >= 4 is 21.9 Å². The van der Waals surface area contributed by atoms with Crippen LogP contribution in [0.1, 0.15) is 17.5 Å². The second-order valence-corrected chi connectivity index (χ2v) is 5.85. The van der Waals surface area contributed by atoms with Gasteiger partial charge >= 0.3 is 5.97 Å². The van der Waals surface area contributed by atoms with Crippen molar-refractivity contribution in [2.24, 2.45) is 0 Å². The number of nitrogens with zero attached hydrogens (tertiary/aromatic N) is 1. The Hall–Kier alpha value is -2.47. The van der Waals surface area contributed by atoms with Crippen LogP contribution in [0.3, 0.4) is 0 Å². The van der Waals surface area contributed by atoms with Crippen LogP contribution < -0.4 is 0 Å². The number of oxazole rings is 1. The maximum Gasteiger partial charge on any atom is 0.376 e. The molecule has 24 heavy (non-hydrogen) atoms. The molecule has 122 valence electrons. The molecule has 0 aliphatic rings. The molecule has 0 saturated heterocycles. The molecule has 3 rings (SSSR count). The van der Waals surface area contributed by atoms with Crippen LogP contribution in [0, 0.1) is 5.82 Å². The first kappa shape index (κ1) is 16.4. The monoisotopic (exact) mass is 389 g/mol. The third-order valence-electron chi connectivity index (χ3n) is 3.30. The van der Waals surface area contributed by atoms with E-state index in [0.29, 0.717) is 17.1 Å². The largest absolute Gasteiger partial charge is 0.460 e. The molecule has 2 aromatic carbocycles. The SMILES string of the molecule is CCOC(=O)c1oc(-c2ccc(Br)cc2)nc1-c1ccc(F)cc1. The first-order valence-corrected chi connectivity index (χ1v) is 8.07. The Balaban J connectivity index is 2.10. The van der Waals surface area contributed by atoms with Crippen LogP contribution in [0.15, 0.2) is 57.4 Å². The predicted molar refractivity (Wildman–Crippen MR) is 91.0 cm³/mol. The van der Waals surface area contributed by atoms with E-state index in [-0.39, 0.29) is 18.2 Å². The molecule has 4 nitrogen and oxygen atoms in total. The fourth-order valence-electron chi connectivity index (χ4n) is 2.17. The Kier molecular flexibility index (Phi) is 4.76. The van der Waals surface area contributed by atoms with Crippen LogP contribution in [0.25, 0.3) is 22.7 Å². The second-order valence-electron chi connectivity index (χ2n) is 4.93. The molecule has 0 amide bonds. The smallest absolute Gasteiger partial charge is 0.376 e. The quantitative estimate of drug-likeness (QED) is 0.583. The summed E-state index contributed by atoms with van der Waals surface area (Å²) in [6.45, 7) is 1.93. The van der Waals surface area contributed by atoms with Gasteiger partial charge in [-0.15, -0.1) is 0 Å². The summed E-state index contributed by atoms with van der Waals surface area (Å²) in [5.41, 5.74) is 1.62. The highest BCUT2D eigenvalue weighted by molar-refractivity contribution is 9.10. The van der Waals surface area contributed by atoms with Gasteiger partial charge < -0.3 is 9.15 Å². The highest BCUT2D eigenvalue weighted by Crippen LogP contribution is 2.30. The van der Waals surface area contributed by atoms with Crippen LogP contribution in [0.2, 0.25) is 0 Å². The molecule has 1 aromatic heterocycles. The van der Waals surface area contributed by atoms with Crippen LogP contribution in [0.5, 0.6) is 0 Å². The van der Waals surface area contributed by atoms with Gasteiger partial charge in [-0.3, -0.25) is 0 Å². The van der Waals surface area contributed by atoms with Crippen LogP contribution in [-0.2, 0) is 4.74 Å². The number of benzene rings is 2. The molecule has 3 aromatic rings. The standard InChI is InChI=1S/C18H13BrFNO3/c1-2-23-18(22)16-15(11-5-9-14(20)10-6-11)21-17(24-16)12-3-7-13(19)8-4-12/h3-10H,2H2,1H3. The zero-order valence-electron chi connectivity index (χ0n) is 12.8. The maximum atomic E-state index is 13.2. The molecule has 0 aliphatic heterocycles. The van der Waals surface area contributed by atoms with Gasteiger partial charge in [-0.1, -0.05) is 15.9 Å². The molecule has 0 spiro atoms. The summed E-state index contributed by atoms with van der Waals surface area (Å²) in [4.78, 5) is 16.6. The normalized spacial score (nSPS) is 10.6. The lowest BCUT2D eigenvalue weighted by Crippen LogP contribution is -2.04. The summed E-state index contributed by atoms with van der Waals surface area (Å²) >= 11 is 3.36. The number of aromatic nitrogens is 1. The fourth-order valence-corrected chi connectivity index (χ4v) is 2.44. The molecule has 0 fully saturated rings. The molecule has 0 N–H and O–H groups in total. The third kappa shape index (κ3) is 3.38. The lowest BCUT2D eigenvalue weighted by Gasteiger charge is -2.01. The third-order valence-corrected chi connectivity index (χ3v) is 3.83. The Labute approximate surface area is 146 Å². The lowest BCUT2D eigenvalue weighted by molar-refractivity contribution is 0.0492. The van der Waals surface area contributed by atoms with Crippen LogP contribution in [0.4, 0.5) is 4.39 Å². The number of ether oxygens (including phenoxy) is 1. The molecular weight excluding hydrogens is 377 g/mol. The van der Waals surface area contributed by atoms with E-state index in [0.717, 1.165) is 10.0 Å². The number of hydrogen-bond donors (Lipinski definition) is 0. The van der Waals surface area contributed by atoms with Gasteiger partial charge in [0.25, 0.3) is 0 Å². The van der Waals surface area contributed by atoms with E-state index in [4.69, 9.17) is 9.15 Å². The summed E-state index contributed by atoms with van der Waals surface area (Å²) in [7, 11) is 0. The van der Waals surface area contributed by atoms with E-state index in [2.05, 4.69) is 20.9 Å². The summed E-state index contributed by atoms with van der Waals surface area (Å²) in [5, 5.41) is 0. The molecule has 0 saturated carbocycles. The van der Waals surface area contributed by atoms with E-state index < -0.39 is 5.97 Å². The van der Waals surface area contributed by atoms with Crippen LogP contribution in [-0.4, -0.2) is 17.6 Å². The van der Waals surface area contributed by atoms with E-state index in [9.17, 15) is 9.18 Å². The number of carbonyl (C=O) groups is 1. The summed E-state index contributed by atoms with van der Waals surface area (Å²) in [5.74, 6) is -0.674. The minimum absolute atomic E-state index is 0.00127. The van der Waals surface area contributed by atoms with E-state index in [1.807, 2.05) is 24.3 Å². The number of esters is 1. The maximum absolute atomic E-state index is 13.2. The Morgan fingerprint density at radius 2 is 1.75 bits per heavy atom. The van der Waals surface area contributed by atoms with Crippen LogP contribution >= 0.6 is 15.9 Å². The zero-order valence-corrected chi connectivity index (χ0v) is 14.3. The van der Waals surface area contributed by atoms with Crippen molar-refractivity contribution in [3.8, 4) is 22.7 Å². The average molecular weight is 390 g/mol. The van der Waals surface area contributed by atoms with Gasteiger partial charge in [-0.25, -0.2) is 14.2 Å². The Morgan fingerprint density at radius 3 is 2.38 bits per heavy atom. The number of rotatable bonds is 4. The Morgan fingerprint density at radius 1 is 1.12 bits per heavy atom. The average Bonchev–Trinajstić information content (AvgIpc) is 3.02. The van der Waals surface area contributed by atoms with E-state index >= 15 is 0 Å². The summed E-state index contributed by atoms with van der Waals surface area (Å²) in [6.07, 6.45) is 0. The number of hydrogen-bond acceptors (Lipinski definition) is 4. The van der Waals surface area contributed by atoms with Crippen molar-refractivity contribution in [3.63, 3.8) is 0 Å². The Bertz CT molecular complexity index is 857. The molecule has 1 heterocycles. The molecule has 0 unspecified atom stereocenters. The molecule has 0 aliphatic carbocycles. The van der Waals surface area contributed by atoms with Crippen molar-refractivity contribution < 1.29 is 18.3 Å². The van der Waals surface area contributed by atoms with Gasteiger partial charge in [0.2, 0.25) is 11.7 Å². The van der Waals surface area contributed by atoms with Gasteiger partial charge in [0.1, 0.15) is 11.5 Å². The van der Waals surface area contributed by atoms with Crippen molar-refractivity contribution in [1.82, 2.24) is 4.98 Å². The highest BCUT2D eigenvalue weighted by Gasteiger charge is 2.23. The first-order chi connectivity index (χ1) is 11.6. The summed E-state index contributed by atoms with van der Waals surface area (Å²) < 4.78 is 24.7. The fraction of sp³-hybridized carbons (Fsp3) is 0.111. The van der Waals surface area contributed by atoms with Gasteiger partial charge in [0, 0.05) is 15.6 Å². The van der Waals surface area contributed by atoms with Crippen molar-refractivity contribution in [3.05, 3.63) is 64.6 Å². The second kappa shape index (κ2) is 6.97.